The fourth-order valence-corrected chi connectivity index (χ4v) is 4.47. The monoisotopic (exact) mass is 492 g/mol. The Kier molecular flexibility index (Phi) is 5.82. The third-order valence-electron chi connectivity index (χ3n) is 5.98. The molecule has 0 unspecified atom stereocenters. The zero-order valence-corrected chi connectivity index (χ0v) is 20.1. The molecule has 1 aliphatic rings. The minimum absolute atomic E-state index is 0.180. The number of halogens is 2. The van der Waals surface area contributed by atoms with Gasteiger partial charge < -0.3 is 15.8 Å². The van der Waals surface area contributed by atoms with Crippen molar-refractivity contribution in [2.45, 2.75) is 51.7 Å². The molecule has 0 fully saturated rings. The van der Waals surface area contributed by atoms with Crippen molar-refractivity contribution in [2.24, 2.45) is 0 Å². The van der Waals surface area contributed by atoms with Crippen molar-refractivity contribution in [1.29, 1.82) is 0 Å². The van der Waals surface area contributed by atoms with E-state index in [2.05, 4.69) is 20.3 Å². The van der Waals surface area contributed by atoms with Crippen molar-refractivity contribution in [3.8, 4) is 17.1 Å². The number of ether oxygens (including phenoxy) is 1. The standard InChI is InChI=1S/C26H26F2N6O2/c1-26(2,3)36-25(35)33-18-9-6-14-13-15(7-8-16(14)18)34-23(17-5-4-12-30-22(17)29)32-20-11-10-19(21(27)28)31-24(20)34/h4-5,7-8,10-13,18,21H,6,9H2,1-3H3,(H2,29,30)(H,33,35)/t18-/m1/s1. The van der Waals surface area contributed by atoms with Crippen LogP contribution in [0.15, 0.2) is 48.7 Å². The Balaban J connectivity index is 1.59. The second-order valence-electron chi connectivity index (χ2n) is 9.71. The first-order chi connectivity index (χ1) is 17.1. The molecular formula is C26H26F2N6O2. The number of rotatable bonds is 4. The molecule has 0 saturated heterocycles. The van der Waals surface area contributed by atoms with E-state index < -0.39 is 18.1 Å². The highest BCUT2D eigenvalue weighted by atomic mass is 19.3. The Morgan fingerprint density at radius 3 is 2.72 bits per heavy atom. The van der Waals surface area contributed by atoms with Gasteiger partial charge in [0.25, 0.3) is 6.43 Å². The maximum Gasteiger partial charge on any atom is 0.408 e. The smallest absolute Gasteiger partial charge is 0.408 e. The maximum atomic E-state index is 13.5. The van der Waals surface area contributed by atoms with Gasteiger partial charge in [-0.05, 0) is 81.1 Å². The van der Waals surface area contributed by atoms with Gasteiger partial charge in [0.2, 0.25) is 0 Å². The molecule has 0 aliphatic heterocycles. The third-order valence-corrected chi connectivity index (χ3v) is 5.98. The molecule has 3 heterocycles. The lowest BCUT2D eigenvalue weighted by atomic mass is 10.1. The summed E-state index contributed by atoms with van der Waals surface area (Å²) in [6.07, 6.45) is -0.158. The first-order valence-electron chi connectivity index (χ1n) is 11.6. The lowest BCUT2D eigenvalue weighted by Gasteiger charge is -2.22. The van der Waals surface area contributed by atoms with Gasteiger partial charge in [-0.1, -0.05) is 6.07 Å². The number of alkyl carbamates (subject to hydrolysis) is 1. The van der Waals surface area contributed by atoms with E-state index >= 15 is 0 Å². The van der Waals surface area contributed by atoms with Gasteiger partial charge in [0.05, 0.1) is 11.6 Å². The minimum atomic E-state index is -2.72. The van der Waals surface area contributed by atoms with Gasteiger partial charge in [-0.2, -0.15) is 0 Å². The molecule has 10 heteroatoms. The van der Waals surface area contributed by atoms with E-state index in [-0.39, 0.29) is 17.6 Å². The number of hydrogen-bond donors (Lipinski definition) is 2. The zero-order valence-electron chi connectivity index (χ0n) is 20.1. The average molecular weight is 493 g/mol. The Hall–Kier alpha value is -4.08. The number of aromatic nitrogens is 4. The number of carbonyl (C=O) groups is 1. The number of alkyl halides is 2. The zero-order chi connectivity index (χ0) is 25.6. The maximum absolute atomic E-state index is 13.5. The van der Waals surface area contributed by atoms with Gasteiger partial charge in [0.15, 0.2) is 11.5 Å². The van der Waals surface area contributed by atoms with Crippen LogP contribution < -0.4 is 11.1 Å². The summed E-state index contributed by atoms with van der Waals surface area (Å²) in [4.78, 5) is 25.4. The number of nitrogens with two attached hydrogens (primary N) is 1. The second kappa shape index (κ2) is 8.85. The van der Waals surface area contributed by atoms with Crippen LogP contribution in [0.4, 0.5) is 19.4 Å². The molecule has 3 N–H and O–H groups in total. The Bertz CT molecular complexity index is 1460. The van der Waals surface area contributed by atoms with Crippen LogP contribution in [-0.4, -0.2) is 31.2 Å². The molecule has 0 bridgehead atoms. The van der Waals surface area contributed by atoms with E-state index in [0.29, 0.717) is 28.2 Å². The molecule has 5 rings (SSSR count). The number of fused-ring (bicyclic) bond motifs is 2. The van der Waals surface area contributed by atoms with Crippen molar-refractivity contribution in [3.05, 3.63) is 65.5 Å². The number of amides is 1. The quantitative estimate of drug-likeness (QED) is 0.389. The highest BCUT2D eigenvalue weighted by Gasteiger charge is 2.28. The van der Waals surface area contributed by atoms with E-state index in [1.807, 2.05) is 39.0 Å². The normalized spacial score (nSPS) is 15.3. The van der Waals surface area contributed by atoms with Gasteiger partial charge in [0, 0.05) is 11.9 Å². The van der Waals surface area contributed by atoms with E-state index in [1.165, 1.54) is 12.1 Å². The lowest BCUT2D eigenvalue weighted by molar-refractivity contribution is 0.0503. The summed E-state index contributed by atoms with van der Waals surface area (Å²) in [5.41, 5.74) is 9.26. The first kappa shape index (κ1) is 23.7. The Morgan fingerprint density at radius 1 is 1.19 bits per heavy atom. The molecule has 0 spiro atoms. The highest BCUT2D eigenvalue weighted by Crippen LogP contribution is 2.36. The van der Waals surface area contributed by atoms with Crippen LogP contribution >= 0.6 is 0 Å². The summed E-state index contributed by atoms with van der Waals surface area (Å²) in [7, 11) is 0. The van der Waals surface area contributed by atoms with E-state index in [4.69, 9.17) is 10.5 Å². The van der Waals surface area contributed by atoms with E-state index in [9.17, 15) is 13.6 Å². The van der Waals surface area contributed by atoms with E-state index in [0.717, 1.165) is 24.0 Å². The van der Waals surface area contributed by atoms with Gasteiger partial charge >= 0.3 is 6.09 Å². The molecule has 0 saturated carbocycles. The molecule has 36 heavy (non-hydrogen) atoms. The summed E-state index contributed by atoms with van der Waals surface area (Å²) in [6, 6.07) is 11.9. The van der Waals surface area contributed by atoms with E-state index in [1.54, 1.807) is 22.9 Å². The van der Waals surface area contributed by atoms with Crippen LogP contribution in [-0.2, 0) is 11.2 Å². The Labute approximate surface area is 206 Å². The third kappa shape index (κ3) is 4.46. The van der Waals surface area contributed by atoms with Crippen LogP contribution in [0.3, 0.4) is 0 Å². The van der Waals surface area contributed by atoms with Crippen molar-refractivity contribution in [2.75, 3.05) is 5.73 Å². The molecule has 1 aliphatic carbocycles. The lowest BCUT2D eigenvalue weighted by Crippen LogP contribution is -2.34. The summed E-state index contributed by atoms with van der Waals surface area (Å²) < 4.78 is 34.1. The van der Waals surface area contributed by atoms with Crippen LogP contribution in [0.1, 0.15) is 56.5 Å². The predicted octanol–water partition coefficient (Wildman–Crippen LogP) is 5.51. The summed E-state index contributed by atoms with van der Waals surface area (Å²) in [5, 5.41) is 2.94. The largest absolute Gasteiger partial charge is 0.444 e. The number of nitrogens with one attached hydrogen (secondary N) is 1. The first-order valence-corrected chi connectivity index (χ1v) is 11.6. The van der Waals surface area contributed by atoms with Gasteiger partial charge in [0.1, 0.15) is 22.6 Å². The van der Waals surface area contributed by atoms with Gasteiger partial charge in [-0.25, -0.2) is 28.5 Å². The number of benzene rings is 1. The van der Waals surface area contributed by atoms with Crippen molar-refractivity contribution >= 4 is 23.1 Å². The van der Waals surface area contributed by atoms with Crippen molar-refractivity contribution in [3.63, 3.8) is 0 Å². The number of anilines is 1. The molecule has 0 radical (unpaired) electrons. The fourth-order valence-electron chi connectivity index (χ4n) is 4.47. The topological polar surface area (TPSA) is 108 Å². The van der Waals surface area contributed by atoms with Crippen LogP contribution in [0.5, 0.6) is 0 Å². The summed E-state index contributed by atoms with van der Waals surface area (Å²) >= 11 is 0. The Morgan fingerprint density at radius 2 is 2.00 bits per heavy atom. The van der Waals surface area contributed by atoms with Crippen LogP contribution in [0.25, 0.3) is 28.2 Å². The molecule has 1 atom stereocenters. The molecule has 8 nitrogen and oxygen atoms in total. The second-order valence-corrected chi connectivity index (χ2v) is 9.71. The SMILES string of the molecule is CC(C)(C)OC(=O)N[C@@H]1CCc2cc(-n3c(-c4cccnc4N)nc4ccc(C(F)F)nc43)ccc21. The number of nitrogen functional groups attached to an aromatic ring is 1. The van der Waals surface area contributed by atoms with Crippen LogP contribution in [0, 0.1) is 0 Å². The van der Waals surface area contributed by atoms with Gasteiger partial charge in [-0.3, -0.25) is 4.57 Å². The number of carbonyl (C=O) groups excluding carboxylic acids is 1. The molecule has 3 aromatic heterocycles. The highest BCUT2D eigenvalue weighted by molar-refractivity contribution is 5.83. The van der Waals surface area contributed by atoms with Gasteiger partial charge in [-0.15, -0.1) is 0 Å². The molecular weight excluding hydrogens is 466 g/mol. The molecule has 186 valence electrons. The molecule has 1 aromatic carbocycles. The molecule has 1 amide bonds. The molecule has 4 aromatic rings. The number of imidazole rings is 1. The summed E-state index contributed by atoms with van der Waals surface area (Å²) in [5.74, 6) is 0.724. The van der Waals surface area contributed by atoms with Crippen LogP contribution in [0.2, 0.25) is 0 Å². The number of hydrogen-bond acceptors (Lipinski definition) is 6. The average Bonchev–Trinajstić information content (AvgIpc) is 3.38. The fraction of sp³-hybridized carbons (Fsp3) is 0.308. The predicted molar refractivity (Wildman–Crippen MR) is 132 cm³/mol. The van der Waals surface area contributed by atoms with Crippen molar-refractivity contribution < 1.29 is 18.3 Å². The van der Waals surface area contributed by atoms with Crippen molar-refractivity contribution in [1.82, 2.24) is 24.8 Å². The summed E-state index contributed by atoms with van der Waals surface area (Å²) in [6.45, 7) is 5.45. The number of pyridine rings is 2. The minimum Gasteiger partial charge on any atom is -0.444 e. The number of aryl methyl sites for hydroxylation is 1. The number of nitrogens with zero attached hydrogens (tertiary/aromatic N) is 4.